The number of halogens is 3. The Kier molecular flexibility index (Phi) is 6.23. The summed E-state index contributed by atoms with van der Waals surface area (Å²) in [5, 5.41) is 0.684. The quantitative estimate of drug-likeness (QED) is 0.654. The Balaban J connectivity index is 1.43. The number of benzene rings is 1. The van der Waals surface area contributed by atoms with E-state index >= 15 is 0 Å². The Morgan fingerprint density at radius 1 is 0.971 bits per heavy atom. The second-order valence-corrected chi connectivity index (χ2v) is 9.60. The number of anilines is 1. The molecule has 3 aliphatic rings. The van der Waals surface area contributed by atoms with Gasteiger partial charge >= 0.3 is 6.18 Å². The summed E-state index contributed by atoms with van der Waals surface area (Å²) in [7, 11) is 1.54. The summed E-state index contributed by atoms with van der Waals surface area (Å²) in [6.07, 6.45) is -0.840. The van der Waals surface area contributed by atoms with E-state index in [1.165, 1.54) is 6.20 Å². The number of piperidine rings is 1. The highest BCUT2D eigenvalue weighted by Gasteiger charge is 2.42. The lowest BCUT2D eigenvalue weighted by Crippen LogP contribution is -2.51. The third-order valence-electron chi connectivity index (χ3n) is 7.36. The second kappa shape index (κ2) is 9.20. The Morgan fingerprint density at radius 3 is 2.23 bits per heavy atom. The van der Waals surface area contributed by atoms with Crippen LogP contribution in [0.1, 0.15) is 36.0 Å². The van der Waals surface area contributed by atoms with Gasteiger partial charge in [0.2, 0.25) is 5.91 Å². The maximum absolute atomic E-state index is 13.7. The van der Waals surface area contributed by atoms with Crippen LogP contribution in [-0.4, -0.2) is 79.2 Å². The molecular formula is C25H29F3N4O3. The minimum atomic E-state index is -4.22. The van der Waals surface area contributed by atoms with Gasteiger partial charge in [-0.1, -0.05) is 0 Å². The smallest absolute Gasteiger partial charge is 0.391 e. The highest BCUT2D eigenvalue weighted by atomic mass is 19.4. The molecule has 2 aliphatic heterocycles. The topological polar surface area (TPSA) is 66.0 Å². The monoisotopic (exact) mass is 490 g/mol. The molecule has 0 unspecified atom stereocenters. The van der Waals surface area contributed by atoms with Crippen molar-refractivity contribution in [3.05, 3.63) is 30.0 Å². The van der Waals surface area contributed by atoms with Crippen LogP contribution in [0.25, 0.3) is 10.9 Å². The van der Waals surface area contributed by atoms with Gasteiger partial charge in [0.1, 0.15) is 5.75 Å². The molecule has 2 amide bonds. The SMILES string of the molecule is COc1ccc2ncc(C(=O)N3CCN(C(=O)C4CC4)CC3)c(N3CCC(C(F)(F)F)CC3)c2c1. The fraction of sp³-hybridized carbons (Fsp3) is 0.560. The highest BCUT2D eigenvalue weighted by molar-refractivity contribution is 6.07. The van der Waals surface area contributed by atoms with Crippen LogP contribution >= 0.6 is 0 Å². The summed E-state index contributed by atoms with van der Waals surface area (Å²) in [5.74, 6) is -0.651. The molecule has 7 nitrogen and oxygen atoms in total. The molecule has 10 heteroatoms. The number of carbonyl (C=O) groups is 2. The number of hydrogen-bond donors (Lipinski definition) is 0. The van der Waals surface area contributed by atoms with Crippen molar-refractivity contribution >= 4 is 28.4 Å². The molecule has 0 bridgehead atoms. The van der Waals surface area contributed by atoms with Crippen LogP contribution in [0.2, 0.25) is 0 Å². The molecule has 0 radical (unpaired) electrons. The summed E-state index contributed by atoms with van der Waals surface area (Å²) < 4.78 is 45.2. The summed E-state index contributed by atoms with van der Waals surface area (Å²) in [6, 6.07) is 5.35. The zero-order chi connectivity index (χ0) is 24.7. The average molecular weight is 491 g/mol. The van der Waals surface area contributed by atoms with Gasteiger partial charge in [0.25, 0.3) is 5.91 Å². The number of hydrogen-bond acceptors (Lipinski definition) is 5. The molecule has 1 aliphatic carbocycles. The fourth-order valence-electron chi connectivity index (χ4n) is 5.10. The average Bonchev–Trinajstić information content (AvgIpc) is 3.72. The van der Waals surface area contributed by atoms with Gasteiger partial charge in [-0.3, -0.25) is 14.6 Å². The minimum Gasteiger partial charge on any atom is -0.497 e. The molecule has 0 atom stereocenters. The molecule has 2 aromatic rings. The Labute approximate surface area is 201 Å². The molecule has 0 spiro atoms. The maximum Gasteiger partial charge on any atom is 0.391 e. The number of amides is 2. The number of piperazine rings is 1. The van der Waals surface area contributed by atoms with E-state index in [4.69, 9.17) is 4.74 Å². The number of aromatic nitrogens is 1. The van der Waals surface area contributed by atoms with Crippen LogP contribution in [0.15, 0.2) is 24.4 Å². The lowest BCUT2D eigenvalue weighted by atomic mass is 9.94. The van der Waals surface area contributed by atoms with E-state index in [1.807, 2.05) is 9.80 Å². The van der Waals surface area contributed by atoms with Gasteiger partial charge in [-0.2, -0.15) is 13.2 Å². The van der Waals surface area contributed by atoms with Crippen molar-refractivity contribution in [1.82, 2.24) is 14.8 Å². The number of pyridine rings is 1. The van der Waals surface area contributed by atoms with Crippen molar-refractivity contribution in [2.24, 2.45) is 11.8 Å². The number of fused-ring (bicyclic) bond motifs is 1. The van der Waals surface area contributed by atoms with Crippen LogP contribution in [0.3, 0.4) is 0 Å². The highest BCUT2D eigenvalue weighted by Crippen LogP contribution is 2.39. The number of alkyl halides is 3. The van der Waals surface area contributed by atoms with E-state index in [1.54, 1.807) is 30.2 Å². The molecule has 2 saturated heterocycles. The van der Waals surface area contributed by atoms with Crippen LogP contribution in [-0.2, 0) is 4.79 Å². The van der Waals surface area contributed by atoms with Crippen molar-refractivity contribution in [2.45, 2.75) is 31.9 Å². The molecule has 1 saturated carbocycles. The summed E-state index contributed by atoms with van der Waals surface area (Å²) >= 11 is 0. The second-order valence-electron chi connectivity index (χ2n) is 9.60. The van der Waals surface area contributed by atoms with E-state index < -0.39 is 12.1 Å². The van der Waals surface area contributed by atoms with Gasteiger partial charge in [-0.25, -0.2) is 0 Å². The number of methoxy groups -OCH3 is 1. The van der Waals surface area contributed by atoms with E-state index in [2.05, 4.69) is 4.98 Å². The predicted octanol–water partition coefficient (Wildman–Crippen LogP) is 3.72. The molecule has 1 aromatic carbocycles. The van der Waals surface area contributed by atoms with Crippen molar-refractivity contribution in [1.29, 1.82) is 0 Å². The number of nitrogens with zero attached hydrogens (tertiary/aromatic N) is 4. The molecular weight excluding hydrogens is 461 g/mol. The van der Waals surface area contributed by atoms with Crippen molar-refractivity contribution < 1.29 is 27.5 Å². The summed E-state index contributed by atoms with van der Waals surface area (Å²) in [6.45, 7) is 2.21. The molecule has 1 aromatic heterocycles. The fourth-order valence-corrected chi connectivity index (χ4v) is 5.10. The molecule has 3 fully saturated rings. The third kappa shape index (κ3) is 4.75. The van der Waals surface area contributed by atoms with Gasteiger partial charge in [0.05, 0.1) is 29.8 Å². The van der Waals surface area contributed by atoms with Crippen LogP contribution < -0.4 is 9.64 Å². The number of rotatable bonds is 4. The van der Waals surface area contributed by atoms with Crippen molar-refractivity contribution in [3.63, 3.8) is 0 Å². The Bertz CT molecular complexity index is 1120. The molecule has 3 heterocycles. The van der Waals surface area contributed by atoms with E-state index in [0.717, 1.165) is 12.8 Å². The predicted molar refractivity (Wildman–Crippen MR) is 124 cm³/mol. The molecule has 35 heavy (non-hydrogen) atoms. The van der Waals surface area contributed by atoms with E-state index in [0.29, 0.717) is 54.1 Å². The van der Waals surface area contributed by atoms with Crippen LogP contribution in [0.5, 0.6) is 5.75 Å². The maximum atomic E-state index is 13.7. The first-order valence-corrected chi connectivity index (χ1v) is 12.1. The summed E-state index contributed by atoms with van der Waals surface area (Å²) in [4.78, 5) is 35.9. The van der Waals surface area contributed by atoms with Crippen molar-refractivity contribution in [2.75, 3.05) is 51.3 Å². The Hall–Kier alpha value is -3.04. The number of ether oxygens (including phenoxy) is 1. The lowest BCUT2D eigenvalue weighted by Gasteiger charge is -2.38. The van der Waals surface area contributed by atoms with Gasteiger partial charge < -0.3 is 19.4 Å². The van der Waals surface area contributed by atoms with Crippen LogP contribution in [0.4, 0.5) is 18.9 Å². The minimum absolute atomic E-state index is 0.0210. The molecule has 188 valence electrons. The molecule has 0 N–H and O–H groups in total. The Morgan fingerprint density at radius 2 is 1.63 bits per heavy atom. The van der Waals surface area contributed by atoms with Gasteiger partial charge in [0, 0.05) is 56.8 Å². The molecule has 5 rings (SSSR count). The first-order valence-electron chi connectivity index (χ1n) is 12.1. The normalized spacial score (nSPS) is 19.8. The summed E-state index contributed by atoms with van der Waals surface area (Å²) in [5.41, 5.74) is 1.63. The zero-order valence-electron chi connectivity index (χ0n) is 19.7. The first kappa shape index (κ1) is 23.7. The lowest BCUT2D eigenvalue weighted by molar-refractivity contribution is -0.179. The standard InChI is InChI=1S/C25H29F3N4O3/c1-35-18-4-5-21-19(14-18)22(30-8-6-17(7-9-30)25(26,27)28)20(15-29-21)24(34)32-12-10-31(11-13-32)23(33)16-2-3-16/h4-5,14-17H,2-3,6-13H2,1H3. The van der Waals surface area contributed by atoms with Gasteiger partial charge in [-0.05, 0) is 43.9 Å². The zero-order valence-corrected chi connectivity index (χ0v) is 19.7. The van der Waals surface area contributed by atoms with Gasteiger partial charge in [-0.15, -0.1) is 0 Å². The largest absolute Gasteiger partial charge is 0.497 e. The van der Waals surface area contributed by atoms with E-state index in [9.17, 15) is 22.8 Å². The van der Waals surface area contributed by atoms with Gasteiger partial charge in [0.15, 0.2) is 0 Å². The van der Waals surface area contributed by atoms with E-state index in [-0.39, 0.29) is 43.7 Å². The van der Waals surface area contributed by atoms with Crippen molar-refractivity contribution in [3.8, 4) is 5.75 Å². The number of carbonyl (C=O) groups excluding carboxylic acids is 2. The first-order chi connectivity index (χ1) is 16.8. The third-order valence-corrected chi connectivity index (χ3v) is 7.36. The van der Waals surface area contributed by atoms with Crippen LogP contribution in [0, 0.1) is 11.8 Å².